The number of likely N-dealkylation sites (N-methyl/N-ethyl adjacent to an activating group) is 1. The Morgan fingerprint density at radius 2 is 1.69 bits per heavy atom. The van der Waals surface area contributed by atoms with Gasteiger partial charge in [0, 0.05) is 29.7 Å². The standard InChI is InChI=1S/C21H25N3O2/c1-22(2)19(17-12-23(3)18-11-7-6-8-14(17)18)13-24-20(25)15-9-4-5-10-16(15)21(24)26/h4-8,11-12,15-16,19H,9-10,13H2,1-3H3/p+1/t15-,16-,19-/m0/s1. The van der Waals surface area contributed by atoms with Crippen LogP contribution < -0.4 is 4.90 Å². The van der Waals surface area contributed by atoms with Crippen LogP contribution in [0.1, 0.15) is 24.4 Å². The lowest BCUT2D eigenvalue weighted by atomic mass is 9.85. The summed E-state index contributed by atoms with van der Waals surface area (Å²) in [5.41, 5.74) is 2.36. The number of quaternary nitrogens is 1. The molecule has 0 spiro atoms. The summed E-state index contributed by atoms with van der Waals surface area (Å²) in [6.45, 7) is 0.445. The number of allylic oxidation sites excluding steroid dienone is 2. The Morgan fingerprint density at radius 1 is 1.08 bits per heavy atom. The van der Waals surface area contributed by atoms with Crippen molar-refractivity contribution in [2.75, 3.05) is 20.6 Å². The first-order valence-electron chi connectivity index (χ1n) is 9.33. The van der Waals surface area contributed by atoms with Gasteiger partial charge in [0.1, 0.15) is 6.04 Å². The molecule has 26 heavy (non-hydrogen) atoms. The molecule has 1 saturated heterocycles. The maximum Gasteiger partial charge on any atom is 0.233 e. The normalized spacial score (nSPS) is 23.9. The molecule has 0 saturated carbocycles. The van der Waals surface area contributed by atoms with Crippen LogP contribution in [-0.4, -0.2) is 41.9 Å². The van der Waals surface area contributed by atoms with Crippen LogP contribution in [-0.2, 0) is 16.6 Å². The van der Waals surface area contributed by atoms with E-state index < -0.39 is 0 Å². The van der Waals surface area contributed by atoms with Crippen LogP contribution in [0.4, 0.5) is 0 Å². The third-order valence-electron chi connectivity index (χ3n) is 5.96. The van der Waals surface area contributed by atoms with Crippen molar-refractivity contribution in [2.24, 2.45) is 18.9 Å². The topological polar surface area (TPSA) is 46.8 Å². The van der Waals surface area contributed by atoms with Gasteiger partial charge >= 0.3 is 0 Å². The molecule has 1 aromatic carbocycles. The zero-order valence-electron chi connectivity index (χ0n) is 15.6. The summed E-state index contributed by atoms with van der Waals surface area (Å²) < 4.78 is 2.12. The number of aromatic nitrogens is 1. The highest BCUT2D eigenvalue weighted by molar-refractivity contribution is 6.05. The average molecular weight is 352 g/mol. The summed E-state index contributed by atoms with van der Waals surface area (Å²) in [5.74, 6) is -0.290. The van der Waals surface area contributed by atoms with Crippen molar-refractivity contribution in [1.82, 2.24) is 9.47 Å². The van der Waals surface area contributed by atoms with Gasteiger partial charge in [-0.05, 0) is 18.9 Å². The molecule has 0 radical (unpaired) electrons. The van der Waals surface area contributed by atoms with Crippen LogP contribution in [0, 0.1) is 11.8 Å². The van der Waals surface area contributed by atoms with Gasteiger partial charge in [-0.15, -0.1) is 0 Å². The molecule has 1 aliphatic carbocycles. The Labute approximate surface area is 153 Å². The number of carbonyl (C=O) groups is 2. The molecule has 136 valence electrons. The number of para-hydroxylation sites is 1. The second-order valence-corrected chi connectivity index (χ2v) is 7.79. The number of fused-ring (bicyclic) bond motifs is 2. The summed E-state index contributed by atoms with van der Waals surface area (Å²) in [7, 11) is 6.22. The zero-order valence-corrected chi connectivity index (χ0v) is 15.6. The minimum Gasteiger partial charge on any atom is -0.350 e. The number of hydrogen-bond acceptors (Lipinski definition) is 2. The van der Waals surface area contributed by atoms with E-state index in [0.717, 1.165) is 0 Å². The Balaban J connectivity index is 1.68. The largest absolute Gasteiger partial charge is 0.350 e. The molecule has 5 heteroatoms. The number of imide groups is 1. The lowest BCUT2D eigenvalue weighted by Gasteiger charge is -2.25. The molecule has 1 aromatic heterocycles. The number of carbonyl (C=O) groups excluding carboxylic acids is 2. The van der Waals surface area contributed by atoms with E-state index in [9.17, 15) is 9.59 Å². The predicted octanol–water partition coefficient (Wildman–Crippen LogP) is 1.32. The molecule has 2 aliphatic rings. The summed E-state index contributed by atoms with van der Waals surface area (Å²) in [4.78, 5) is 28.5. The van der Waals surface area contributed by atoms with Crippen molar-refractivity contribution in [1.29, 1.82) is 0 Å². The van der Waals surface area contributed by atoms with Gasteiger partial charge in [0.25, 0.3) is 0 Å². The fourth-order valence-electron chi connectivity index (χ4n) is 4.47. The van der Waals surface area contributed by atoms with Crippen molar-refractivity contribution in [3.8, 4) is 0 Å². The molecule has 4 rings (SSSR count). The number of benzene rings is 1. The monoisotopic (exact) mass is 352 g/mol. The lowest BCUT2D eigenvalue weighted by Crippen LogP contribution is -3.07. The van der Waals surface area contributed by atoms with E-state index in [-0.39, 0.29) is 29.7 Å². The minimum atomic E-state index is -0.155. The van der Waals surface area contributed by atoms with Crippen molar-refractivity contribution in [3.05, 3.63) is 48.2 Å². The number of likely N-dealkylation sites (tertiary alicyclic amines) is 1. The average Bonchev–Trinajstić information content (AvgIpc) is 3.09. The van der Waals surface area contributed by atoms with Gasteiger partial charge in [-0.3, -0.25) is 14.5 Å². The fraction of sp³-hybridized carbons (Fsp3) is 0.429. The van der Waals surface area contributed by atoms with Crippen LogP contribution in [0.2, 0.25) is 0 Å². The van der Waals surface area contributed by atoms with E-state index in [1.165, 1.54) is 26.3 Å². The molecule has 1 N–H and O–H groups in total. The number of amides is 2. The van der Waals surface area contributed by atoms with E-state index in [1.54, 1.807) is 0 Å². The molecule has 0 bridgehead atoms. The molecule has 1 aliphatic heterocycles. The van der Waals surface area contributed by atoms with E-state index in [0.29, 0.717) is 19.4 Å². The third kappa shape index (κ3) is 2.58. The first kappa shape index (κ1) is 17.0. The second-order valence-electron chi connectivity index (χ2n) is 7.79. The second kappa shape index (κ2) is 6.40. The highest BCUT2D eigenvalue weighted by Gasteiger charge is 2.48. The fourth-order valence-corrected chi connectivity index (χ4v) is 4.47. The highest BCUT2D eigenvalue weighted by atomic mass is 16.2. The lowest BCUT2D eigenvalue weighted by molar-refractivity contribution is -0.891. The van der Waals surface area contributed by atoms with Crippen molar-refractivity contribution < 1.29 is 14.5 Å². The number of nitrogens with zero attached hydrogens (tertiary/aromatic N) is 2. The molecule has 2 amide bonds. The summed E-state index contributed by atoms with van der Waals surface area (Å²) >= 11 is 0. The molecular weight excluding hydrogens is 326 g/mol. The number of hydrogen-bond donors (Lipinski definition) is 1. The Morgan fingerprint density at radius 3 is 2.31 bits per heavy atom. The van der Waals surface area contributed by atoms with Gasteiger partial charge in [0.15, 0.2) is 0 Å². The zero-order chi connectivity index (χ0) is 18.4. The maximum absolute atomic E-state index is 12.9. The third-order valence-corrected chi connectivity index (χ3v) is 5.96. The van der Waals surface area contributed by atoms with Crippen LogP contribution >= 0.6 is 0 Å². The van der Waals surface area contributed by atoms with E-state index in [2.05, 4.69) is 37.0 Å². The van der Waals surface area contributed by atoms with Gasteiger partial charge in [0.05, 0.1) is 32.5 Å². The molecule has 5 nitrogen and oxygen atoms in total. The molecule has 3 atom stereocenters. The van der Waals surface area contributed by atoms with Crippen molar-refractivity contribution in [3.63, 3.8) is 0 Å². The van der Waals surface area contributed by atoms with Gasteiger partial charge in [0.2, 0.25) is 11.8 Å². The van der Waals surface area contributed by atoms with Crippen LogP contribution in [0.15, 0.2) is 42.6 Å². The van der Waals surface area contributed by atoms with E-state index in [1.807, 2.05) is 31.3 Å². The van der Waals surface area contributed by atoms with Crippen LogP contribution in [0.25, 0.3) is 10.9 Å². The van der Waals surface area contributed by atoms with E-state index >= 15 is 0 Å². The van der Waals surface area contributed by atoms with Crippen LogP contribution in [0.5, 0.6) is 0 Å². The quantitative estimate of drug-likeness (QED) is 0.666. The molecule has 0 unspecified atom stereocenters. The molecule has 2 aromatic rings. The predicted molar refractivity (Wildman–Crippen MR) is 101 cm³/mol. The summed E-state index contributed by atoms with van der Waals surface area (Å²) in [6, 6.07) is 8.36. The van der Waals surface area contributed by atoms with Gasteiger partial charge in [-0.1, -0.05) is 30.4 Å². The summed E-state index contributed by atoms with van der Waals surface area (Å²) in [5, 5.41) is 1.19. The number of rotatable bonds is 4. The Hall–Kier alpha value is -2.40. The smallest absolute Gasteiger partial charge is 0.233 e. The van der Waals surface area contributed by atoms with Gasteiger partial charge in [-0.25, -0.2) is 0 Å². The molecule has 2 heterocycles. The highest BCUT2D eigenvalue weighted by Crippen LogP contribution is 2.36. The Bertz CT molecular complexity index is 870. The Kier molecular flexibility index (Phi) is 4.19. The SMILES string of the molecule is Cn1cc([C@H](CN2C(=O)[C@H]3CC=CC[C@@H]3C2=O)[NH+](C)C)c2ccccc21. The van der Waals surface area contributed by atoms with Crippen LogP contribution in [0.3, 0.4) is 0 Å². The summed E-state index contributed by atoms with van der Waals surface area (Å²) in [6.07, 6.45) is 7.60. The minimum absolute atomic E-state index is 0.0100. The number of nitrogens with one attached hydrogen (secondary N) is 1. The van der Waals surface area contributed by atoms with Gasteiger partial charge < -0.3 is 9.47 Å². The first-order chi connectivity index (χ1) is 12.5. The van der Waals surface area contributed by atoms with Crippen molar-refractivity contribution in [2.45, 2.75) is 18.9 Å². The first-order valence-corrected chi connectivity index (χ1v) is 9.33. The van der Waals surface area contributed by atoms with Gasteiger partial charge in [-0.2, -0.15) is 0 Å². The maximum atomic E-state index is 12.9. The number of aryl methyl sites for hydroxylation is 1. The molecular formula is C21H26N3O2+. The molecule has 1 fully saturated rings. The van der Waals surface area contributed by atoms with E-state index in [4.69, 9.17) is 0 Å². The van der Waals surface area contributed by atoms with Crippen molar-refractivity contribution >= 4 is 22.7 Å².